The summed E-state index contributed by atoms with van der Waals surface area (Å²) in [6, 6.07) is 26.8. The Morgan fingerprint density at radius 1 is 0.667 bits per heavy atom. The van der Waals surface area contributed by atoms with Gasteiger partial charge < -0.3 is 8.37 Å². The molecule has 6 rings (SSSR count). The van der Waals surface area contributed by atoms with E-state index in [1.165, 1.54) is 41.1 Å². The number of nitrogens with zero attached hydrogens (tertiary/aromatic N) is 4. The smallest absolute Gasteiger partial charge is 0.361 e. The van der Waals surface area contributed by atoms with Crippen molar-refractivity contribution in [3.05, 3.63) is 97.1 Å². The van der Waals surface area contributed by atoms with Crippen LogP contribution in [-0.2, 0) is 20.8 Å². The maximum Gasteiger partial charge on any atom is 0.446 e. The topological polar surface area (TPSA) is 171 Å². The highest BCUT2D eigenvalue weighted by Crippen LogP contribution is 2.36. The summed E-state index contributed by atoms with van der Waals surface area (Å²) in [5, 5.41) is 5.37. The second kappa shape index (κ2) is 10.6. The van der Waals surface area contributed by atoms with Gasteiger partial charge in [0.2, 0.25) is 0 Å². The third-order valence-electron chi connectivity index (χ3n) is 5.91. The molecule has 0 radical (unpaired) electrons. The van der Waals surface area contributed by atoms with E-state index in [0.717, 1.165) is 20.8 Å². The predicted octanol–water partition coefficient (Wildman–Crippen LogP) is 5.24. The summed E-state index contributed by atoms with van der Waals surface area (Å²) in [4.78, 5) is 9.23. The molecular weight excluding hydrogens is 605 g/mol. The zero-order valence-corrected chi connectivity index (χ0v) is 23.5. The van der Waals surface area contributed by atoms with E-state index < -0.39 is 20.8 Å². The minimum absolute atomic E-state index is 0.0128. The lowest BCUT2D eigenvalue weighted by Gasteiger charge is -2.10. The van der Waals surface area contributed by atoms with Gasteiger partial charge in [-0.25, -0.2) is 14.6 Å². The van der Waals surface area contributed by atoms with Crippen LogP contribution in [0.3, 0.4) is 0 Å². The van der Waals surface area contributed by atoms with Crippen molar-refractivity contribution in [3.63, 3.8) is 0 Å². The van der Waals surface area contributed by atoms with Gasteiger partial charge in [-0.3, -0.25) is 9.11 Å². The zero-order valence-electron chi connectivity index (χ0n) is 21.1. The normalized spacial score (nSPS) is 12.0. The number of hydrogen-bond acceptors (Lipinski definition) is 10. The third-order valence-corrected chi connectivity index (χ3v) is 7.77. The van der Waals surface area contributed by atoms with Crippen molar-refractivity contribution >= 4 is 42.4 Å². The predicted molar refractivity (Wildman–Crippen MR) is 155 cm³/mol. The molecule has 0 unspecified atom stereocenters. The van der Waals surface area contributed by atoms with Crippen LogP contribution < -0.4 is 8.37 Å². The van der Waals surface area contributed by atoms with Gasteiger partial charge in [-0.05, 0) is 60.7 Å². The highest BCUT2D eigenvalue weighted by molar-refractivity contribution is 7.81. The van der Waals surface area contributed by atoms with Crippen LogP contribution in [0.2, 0.25) is 0 Å². The van der Waals surface area contributed by atoms with Crippen LogP contribution >= 0.6 is 11.3 Å². The molecule has 6 aromatic rings. The molecule has 0 atom stereocenters. The average Bonchev–Trinajstić information content (AvgIpc) is 3.57. The Bertz CT molecular complexity index is 2130. The van der Waals surface area contributed by atoms with Crippen LogP contribution in [0.4, 0.5) is 0 Å². The molecule has 0 amide bonds. The van der Waals surface area contributed by atoms with E-state index in [-0.39, 0.29) is 34.3 Å². The molecule has 4 aromatic carbocycles. The maximum atomic E-state index is 11.6. The monoisotopic (exact) mass is 622 g/mol. The minimum Gasteiger partial charge on any atom is -0.361 e. The van der Waals surface area contributed by atoms with Crippen LogP contribution in [0, 0.1) is 0 Å². The van der Waals surface area contributed by atoms with Gasteiger partial charge in [0, 0.05) is 5.56 Å². The maximum absolute atomic E-state index is 11.6. The first kappa shape index (κ1) is 27.5. The molecule has 0 aliphatic heterocycles. The van der Waals surface area contributed by atoms with E-state index >= 15 is 0 Å². The Balaban J connectivity index is 1.50. The van der Waals surface area contributed by atoms with Crippen molar-refractivity contribution in [2.45, 2.75) is 0 Å². The highest BCUT2D eigenvalue weighted by Gasteiger charge is 2.23. The van der Waals surface area contributed by atoms with Crippen molar-refractivity contribution < 1.29 is 34.3 Å². The number of rotatable bonds is 8. The fourth-order valence-corrected chi connectivity index (χ4v) is 5.91. The molecule has 0 aliphatic carbocycles. The zero-order chi connectivity index (χ0) is 29.5. The quantitative estimate of drug-likeness (QED) is 0.213. The minimum atomic E-state index is -4.88. The molecule has 2 heterocycles. The Labute approximate surface area is 243 Å². The van der Waals surface area contributed by atoms with E-state index in [0.29, 0.717) is 5.69 Å². The lowest BCUT2D eigenvalue weighted by atomic mass is 10.1. The molecule has 0 bridgehead atoms. The molecule has 42 heavy (non-hydrogen) atoms. The van der Waals surface area contributed by atoms with Gasteiger partial charge >= 0.3 is 20.8 Å². The molecular formula is C27H18N4O8S3. The Hall–Kier alpha value is -4.67. The van der Waals surface area contributed by atoms with Gasteiger partial charge in [-0.1, -0.05) is 36.4 Å². The summed E-state index contributed by atoms with van der Waals surface area (Å²) in [5.41, 5.74) is 2.50. The van der Waals surface area contributed by atoms with Crippen LogP contribution in [-0.4, -0.2) is 45.7 Å². The number of para-hydroxylation sites is 3. The van der Waals surface area contributed by atoms with Crippen LogP contribution in [0.1, 0.15) is 0 Å². The van der Waals surface area contributed by atoms with Gasteiger partial charge in [0.1, 0.15) is 5.01 Å². The third kappa shape index (κ3) is 5.86. The number of fused-ring (bicyclic) bond motifs is 1. The van der Waals surface area contributed by atoms with E-state index in [2.05, 4.69) is 15.1 Å². The second-order valence-electron chi connectivity index (χ2n) is 8.72. The lowest BCUT2D eigenvalue weighted by Crippen LogP contribution is -2.08. The average molecular weight is 623 g/mol. The molecule has 2 N–H and O–H groups in total. The van der Waals surface area contributed by atoms with Crippen molar-refractivity contribution in [1.82, 2.24) is 19.7 Å². The first-order valence-electron chi connectivity index (χ1n) is 12.0. The molecule has 212 valence electrons. The van der Waals surface area contributed by atoms with Crippen molar-refractivity contribution in [3.8, 4) is 50.5 Å². The van der Waals surface area contributed by atoms with Gasteiger partial charge in [0.15, 0.2) is 23.1 Å². The summed E-state index contributed by atoms with van der Waals surface area (Å²) in [7, 11) is -9.75. The van der Waals surface area contributed by atoms with Gasteiger partial charge in [0.25, 0.3) is 0 Å². The summed E-state index contributed by atoms with van der Waals surface area (Å²) >= 11 is 1.54. The first-order chi connectivity index (χ1) is 20.0. The molecule has 2 aromatic heterocycles. The van der Waals surface area contributed by atoms with Crippen molar-refractivity contribution in [2.24, 2.45) is 0 Å². The van der Waals surface area contributed by atoms with Crippen LogP contribution in [0.15, 0.2) is 97.1 Å². The summed E-state index contributed by atoms with van der Waals surface area (Å²) in [6.07, 6.45) is 0. The fourth-order valence-electron chi connectivity index (χ4n) is 4.20. The molecule has 0 spiro atoms. The van der Waals surface area contributed by atoms with Gasteiger partial charge in [0.05, 0.1) is 27.0 Å². The Morgan fingerprint density at radius 2 is 1.24 bits per heavy atom. The van der Waals surface area contributed by atoms with E-state index in [1.807, 2.05) is 36.4 Å². The van der Waals surface area contributed by atoms with Crippen molar-refractivity contribution in [2.75, 3.05) is 0 Å². The van der Waals surface area contributed by atoms with Crippen LogP contribution in [0.5, 0.6) is 11.5 Å². The van der Waals surface area contributed by atoms with Gasteiger partial charge in [-0.15, -0.1) is 16.4 Å². The second-order valence-corrected chi connectivity index (χ2v) is 11.8. The lowest BCUT2D eigenvalue weighted by molar-refractivity contribution is 0.385. The SMILES string of the molecule is O=S(=O)(O)Oc1ccccc1-c1nc(-c2ccccc2OS(=O)(=O)O)n(-c2ccc(-c3nc4ccccc4s3)cc2)n1. The largest absolute Gasteiger partial charge is 0.446 e. The Kier molecular flexibility index (Phi) is 6.96. The molecule has 12 nitrogen and oxygen atoms in total. The Morgan fingerprint density at radius 3 is 1.88 bits per heavy atom. The number of hydrogen-bond donors (Lipinski definition) is 2. The molecule has 0 saturated carbocycles. The molecule has 0 aliphatic rings. The molecule has 15 heteroatoms. The fraction of sp³-hybridized carbons (Fsp3) is 0. The first-order valence-corrected chi connectivity index (χ1v) is 15.5. The molecule has 0 fully saturated rings. The highest BCUT2D eigenvalue weighted by atomic mass is 32.3. The van der Waals surface area contributed by atoms with Crippen molar-refractivity contribution in [1.29, 1.82) is 0 Å². The number of benzene rings is 4. The van der Waals surface area contributed by atoms with Gasteiger partial charge in [-0.2, -0.15) is 16.8 Å². The number of aromatic nitrogens is 4. The summed E-state index contributed by atoms with van der Waals surface area (Å²) in [5.74, 6) is -0.383. The summed E-state index contributed by atoms with van der Waals surface area (Å²) < 4.78 is 76.7. The molecule has 0 saturated heterocycles. The standard InChI is InChI=1S/C27H18N4O8S3/c32-41(33,34)38-22-10-4-1-7-19(22)25-29-26(20-8-2-5-11-23(20)39-42(35,36)37)31(30-25)18-15-13-17(14-16-18)27-28-21-9-3-6-12-24(21)40-27/h1-16H,(H,32,33,34)(H,35,36,37). The van der Waals surface area contributed by atoms with E-state index in [4.69, 9.17) is 8.37 Å². The number of thiazole rings is 1. The summed E-state index contributed by atoms with van der Waals surface area (Å²) in [6.45, 7) is 0. The van der Waals surface area contributed by atoms with E-state index in [9.17, 15) is 25.9 Å². The van der Waals surface area contributed by atoms with Crippen LogP contribution in [0.25, 0.3) is 49.3 Å². The van der Waals surface area contributed by atoms with E-state index in [1.54, 1.807) is 35.6 Å².